The van der Waals surface area contributed by atoms with E-state index < -0.39 is 0 Å². The van der Waals surface area contributed by atoms with Gasteiger partial charge in [0.15, 0.2) is 0 Å². The molecule has 2 saturated heterocycles. The molecule has 0 bridgehead atoms. The molecule has 9 heteroatoms. The lowest BCUT2D eigenvalue weighted by Gasteiger charge is -2.53. The Morgan fingerprint density at radius 1 is 1.06 bits per heavy atom. The van der Waals surface area contributed by atoms with E-state index in [1.54, 1.807) is 25.6 Å². The van der Waals surface area contributed by atoms with E-state index in [2.05, 4.69) is 15.1 Å². The fourth-order valence-electron chi connectivity index (χ4n) is 4.59. The molecule has 5 rings (SSSR count). The zero-order valence-electron chi connectivity index (χ0n) is 18.8. The van der Waals surface area contributed by atoms with Crippen LogP contribution in [0.15, 0.2) is 30.6 Å². The highest BCUT2D eigenvalue weighted by atomic mass is 16.5. The average molecular weight is 434 g/mol. The Morgan fingerprint density at radius 2 is 1.78 bits per heavy atom. The summed E-state index contributed by atoms with van der Waals surface area (Å²) in [4.78, 5) is 28.7. The van der Waals surface area contributed by atoms with Crippen molar-refractivity contribution in [1.82, 2.24) is 29.9 Å². The number of likely N-dealkylation sites (tertiary alicyclic amines) is 1. The van der Waals surface area contributed by atoms with Crippen molar-refractivity contribution in [2.24, 2.45) is 5.92 Å². The zero-order chi connectivity index (χ0) is 22.4. The van der Waals surface area contributed by atoms with E-state index in [1.807, 2.05) is 37.8 Å². The number of fused-ring (bicyclic) bond motifs is 1. The molecule has 2 aliphatic rings. The molecular formula is C23H27N7O2. The summed E-state index contributed by atoms with van der Waals surface area (Å²) in [5.74, 6) is 1.85. The van der Waals surface area contributed by atoms with Gasteiger partial charge in [-0.2, -0.15) is 15.0 Å². The number of piperidine rings is 1. The van der Waals surface area contributed by atoms with Gasteiger partial charge in [0.1, 0.15) is 5.75 Å². The number of hydrogen-bond acceptors (Lipinski definition) is 7. The van der Waals surface area contributed by atoms with Gasteiger partial charge in [-0.15, -0.1) is 0 Å². The van der Waals surface area contributed by atoms with Crippen molar-refractivity contribution in [2.45, 2.75) is 33.2 Å². The second-order valence-electron chi connectivity index (χ2n) is 8.54. The van der Waals surface area contributed by atoms with E-state index >= 15 is 0 Å². The lowest BCUT2D eigenvalue weighted by molar-refractivity contribution is 0.00763. The second-order valence-corrected chi connectivity index (χ2v) is 8.54. The number of carbonyl (C=O) groups excluding carboxylic acids is 1. The van der Waals surface area contributed by atoms with Crippen molar-refractivity contribution in [2.75, 3.05) is 31.6 Å². The first kappa shape index (κ1) is 20.4. The maximum Gasteiger partial charge on any atom is 0.256 e. The van der Waals surface area contributed by atoms with Gasteiger partial charge in [0.2, 0.25) is 5.95 Å². The Bertz CT molecular complexity index is 1140. The third kappa shape index (κ3) is 3.37. The van der Waals surface area contributed by atoms with Crippen LogP contribution in [0.4, 0.5) is 5.95 Å². The number of anilines is 1. The van der Waals surface area contributed by atoms with Crippen molar-refractivity contribution in [3.8, 4) is 11.4 Å². The molecule has 0 unspecified atom stereocenters. The molecule has 2 aromatic heterocycles. The molecule has 0 N–H and O–H groups in total. The van der Waals surface area contributed by atoms with E-state index in [0.717, 1.165) is 49.0 Å². The summed E-state index contributed by atoms with van der Waals surface area (Å²) < 4.78 is 5.38. The van der Waals surface area contributed by atoms with Crippen molar-refractivity contribution >= 4 is 11.9 Å². The highest BCUT2D eigenvalue weighted by Crippen LogP contribution is 2.36. The third-order valence-corrected chi connectivity index (χ3v) is 6.79. The number of methoxy groups -OCH3 is 1. The number of rotatable bonds is 4. The fraction of sp³-hybridized carbons (Fsp3) is 0.435. The molecule has 2 aliphatic heterocycles. The monoisotopic (exact) mass is 433 g/mol. The molecule has 1 aromatic carbocycles. The normalized spacial score (nSPS) is 20.0. The summed E-state index contributed by atoms with van der Waals surface area (Å²) in [6.45, 7) is 8.49. The number of nitrogens with zero attached hydrogens (tertiary/aromatic N) is 7. The summed E-state index contributed by atoms with van der Waals surface area (Å²) >= 11 is 0. The fourth-order valence-corrected chi connectivity index (χ4v) is 4.59. The highest BCUT2D eigenvalue weighted by molar-refractivity contribution is 5.99. The number of aryl methyl sites for hydroxylation is 2. The molecule has 166 valence electrons. The van der Waals surface area contributed by atoms with Gasteiger partial charge >= 0.3 is 0 Å². The van der Waals surface area contributed by atoms with E-state index in [9.17, 15) is 4.79 Å². The number of hydrogen-bond donors (Lipinski definition) is 0. The van der Waals surface area contributed by atoms with Crippen molar-refractivity contribution in [3.05, 3.63) is 53.1 Å². The topological polar surface area (TPSA) is 89.3 Å². The highest BCUT2D eigenvalue weighted by Gasteiger charge is 2.46. The summed E-state index contributed by atoms with van der Waals surface area (Å²) in [5, 5.41) is 8.43. The Labute approximate surface area is 187 Å². The van der Waals surface area contributed by atoms with Crippen LogP contribution in [0.1, 0.15) is 33.7 Å². The van der Waals surface area contributed by atoms with Crippen LogP contribution in [0.25, 0.3) is 5.69 Å². The average Bonchev–Trinajstić information content (AvgIpc) is 3.32. The van der Waals surface area contributed by atoms with Gasteiger partial charge in [-0.05, 0) is 51.0 Å². The van der Waals surface area contributed by atoms with Crippen LogP contribution in [-0.2, 0) is 0 Å². The smallest absolute Gasteiger partial charge is 0.256 e. The quantitative estimate of drug-likeness (QED) is 0.624. The molecule has 0 radical (unpaired) electrons. The summed E-state index contributed by atoms with van der Waals surface area (Å²) in [7, 11) is 1.60. The van der Waals surface area contributed by atoms with Crippen LogP contribution in [0.3, 0.4) is 0 Å². The zero-order valence-corrected chi connectivity index (χ0v) is 18.8. The van der Waals surface area contributed by atoms with Crippen LogP contribution < -0.4 is 9.64 Å². The van der Waals surface area contributed by atoms with E-state index in [0.29, 0.717) is 22.9 Å². The predicted molar refractivity (Wildman–Crippen MR) is 119 cm³/mol. The minimum atomic E-state index is -0.0310. The molecule has 3 aromatic rings. The van der Waals surface area contributed by atoms with Gasteiger partial charge in [-0.25, -0.2) is 9.97 Å². The van der Waals surface area contributed by atoms with Gasteiger partial charge in [-0.3, -0.25) is 4.79 Å². The number of carbonyl (C=O) groups is 1. The summed E-state index contributed by atoms with van der Waals surface area (Å²) in [5.41, 5.74) is 4.31. The summed E-state index contributed by atoms with van der Waals surface area (Å²) in [6.07, 6.45) is 4.22. The van der Waals surface area contributed by atoms with Crippen molar-refractivity contribution in [1.29, 1.82) is 0 Å². The first-order valence-corrected chi connectivity index (χ1v) is 10.9. The van der Waals surface area contributed by atoms with Gasteiger partial charge in [-0.1, -0.05) is 0 Å². The first-order valence-electron chi connectivity index (χ1n) is 10.9. The minimum absolute atomic E-state index is 0.0310. The van der Waals surface area contributed by atoms with Gasteiger partial charge in [0, 0.05) is 36.9 Å². The predicted octanol–water partition coefficient (Wildman–Crippen LogP) is 2.34. The van der Waals surface area contributed by atoms with E-state index in [4.69, 9.17) is 14.7 Å². The minimum Gasteiger partial charge on any atom is -0.497 e. The third-order valence-electron chi connectivity index (χ3n) is 6.79. The molecule has 2 atom stereocenters. The maximum atomic E-state index is 13.6. The number of aromatic nitrogens is 5. The Hall–Kier alpha value is -3.49. The largest absolute Gasteiger partial charge is 0.497 e. The summed E-state index contributed by atoms with van der Waals surface area (Å²) in [6, 6.07) is 5.54. The Balaban J connectivity index is 1.41. The van der Waals surface area contributed by atoms with Crippen LogP contribution >= 0.6 is 0 Å². The Kier molecular flexibility index (Phi) is 5.03. The molecule has 0 aliphatic carbocycles. The van der Waals surface area contributed by atoms with Gasteiger partial charge < -0.3 is 14.5 Å². The first-order chi connectivity index (χ1) is 15.5. The van der Waals surface area contributed by atoms with Crippen LogP contribution in [-0.4, -0.2) is 68.6 Å². The van der Waals surface area contributed by atoms with E-state index in [-0.39, 0.29) is 11.9 Å². The molecule has 9 nitrogen and oxygen atoms in total. The molecule has 0 saturated carbocycles. The van der Waals surface area contributed by atoms with Crippen molar-refractivity contribution < 1.29 is 9.53 Å². The number of ether oxygens (including phenoxy) is 1. The van der Waals surface area contributed by atoms with Crippen molar-refractivity contribution in [3.63, 3.8) is 0 Å². The molecular weight excluding hydrogens is 406 g/mol. The van der Waals surface area contributed by atoms with Crippen LogP contribution in [0.2, 0.25) is 0 Å². The lowest BCUT2D eigenvalue weighted by Crippen LogP contribution is -2.66. The molecule has 1 amide bonds. The van der Waals surface area contributed by atoms with E-state index in [1.165, 1.54) is 4.80 Å². The SMILES string of the molecule is COc1ccc(-n2nccn2)c(C(=O)N2C[C@H]3CCN(c4nc(C)c(C)c(C)n4)C[C@H]32)c1. The Morgan fingerprint density at radius 3 is 2.47 bits per heavy atom. The number of benzene rings is 1. The lowest BCUT2D eigenvalue weighted by atomic mass is 9.81. The number of amides is 1. The van der Waals surface area contributed by atoms with Crippen LogP contribution in [0, 0.1) is 26.7 Å². The van der Waals surface area contributed by atoms with Crippen LogP contribution in [0.5, 0.6) is 5.75 Å². The van der Waals surface area contributed by atoms with Gasteiger partial charge in [0.05, 0.1) is 36.8 Å². The molecule has 4 heterocycles. The van der Waals surface area contributed by atoms with Gasteiger partial charge in [0.25, 0.3) is 5.91 Å². The standard InChI is InChI=1S/C23H27N7O2/c1-14-15(2)26-23(27-16(14)3)28-10-7-17-12-29(21(17)13-28)22(31)19-11-18(32-4)5-6-20(19)30-24-8-9-25-30/h5-6,8-9,11,17,21H,7,10,12-13H2,1-4H3/t17-,21-/m1/s1. The second kappa shape index (κ2) is 7.89. The molecule has 32 heavy (non-hydrogen) atoms. The molecule has 0 spiro atoms. The maximum absolute atomic E-state index is 13.6. The molecule has 2 fully saturated rings.